The van der Waals surface area contributed by atoms with E-state index in [1.54, 1.807) is 20.8 Å². The third-order valence-electron chi connectivity index (χ3n) is 6.12. The molecule has 0 saturated heterocycles. The minimum absolute atomic E-state index is 0.0387. The molecular weight excluding hydrogens is 491 g/mol. The van der Waals surface area contributed by atoms with Crippen molar-refractivity contribution in [3.05, 3.63) is 44.1 Å². The molecule has 11 heteroatoms. The Morgan fingerprint density at radius 1 is 1.05 bits per heavy atom. The van der Waals surface area contributed by atoms with Gasteiger partial charge in [0.05, 0.1) is 28.7 Å². The van der Waals surface area contributed by atoms with E-state index in [-0.39, 0.29) is 29.4 Å². The summed E-state index contributed by atoms with van der Waals surface area (Å²) in [5.41, 5.74) is -3.43. The lowest BCUT2D eigenvalue weighted by molar-refractivity contribution is -0.139. The molecule has 0 aliphatic carbocycles. The number of methoxy groups -OCH3 is 1. The SMILES string of the molecule is CCCCCCCCCN(C(=O)OC(C)C)n1c(=O)[nH]c2cc(C(F)(F)F)c(C(CC)OC)cc2c1=O. The quantitative estimate of drug-likeness (QED) is 0.319. The van der Waals surface area contributed by atoms with Crippen molar-refractivity contribution < 1.29 is 27.4 Å². The van der Waals surface area contributed by atoms with Gasteiger partial charge in [-0.1, -0.05) is 52.4 Å². The second-order valence-electron chi connectivity index (χ2n) is 9.34. The summed E-state index contributed by atoms with van der Waals surface area (Å²) >= 11 is 0. The predicted molar refractivity (Wildman–Crippen MR) is 137 cm³/mol. The Balaban J connectivity index is 2.57. The van der Waals surface area contributed by atoms with E-state index in [1.807, 2.05) is 0 Å². The van der Waals surface area contributed by atoms with Crippen LogP contribution < -0.4 is 16.3 Å². The number of nitrogens with zero attached hydrogens (tertiary/aromatic N) is 2. The number of hydrogen-bond acceptors (Lipinski definition) is 5. The molecule has 0 saturated carbocycles. The number of ether oxygens (including phenoxy) is 2. The highest BCUT2D eigenvalue weighted by Crippen LogP contribution is 2.38. The number of unbranched alkanes of at least 4 members (excludes halogenated alkanes) is 6. The Morgan fingerprint density at radius 3 is 2.22 bits per heavy atom. The highest BCUT2D eigenvalue weighted by Gasteiger charge is 2.36. The van der Waals surface area contributed by atoms with Gasteiger partial charge in [-0.15, -0.1) is 0 Å². The molecule has 2 rings (SSSR count). The Hall–Kier alpha value is -2.82. The zero-order valence-electron chi connectivity index (χ0n) is 22.2. The number of H-pyrrole nitrogens is 1. The summed E-state index contributed by atoms with van der Waals surface area (Å²) in [6.45, 7) is 7.10. The van der Waals surface area contributed by atoms with E-state index < -0.39 is 41.3 Å². The second-order valence-corrected chi connectivity index (χ2v) is 9.34. The Morgan fingerprint density at radius 2 is 1.68 bits per heavy atom. The van der Waals surface area contributed by atoms with Crippen LogP contribution >= 0.6 is 0 Å². The summed E-state index contributed by atoms with van der Waals surface area (Å²) in [5, 5.41) is 0.762. The first-order chi connectivity index (χ1) is 17.5. The highest BCUT2D eigenvalue weighted by molar-refractivity contribution is 5.82. The number of carbonyl (C=O) groups excluding carboxylic acids is 1. The lowest BCUT2D eigenvalue weighted by Gasteiger charge is -2.25. The fourth-order valence-corrected chi connectivity index (χ4v) is 4.27. The maximum absolute atomic E-state index is 13.8. The van der Waals surface area contributed by atoms with E-state index >= 15 is 0 Å². The number of aromatic nitrogens is 2. The number of hydrogen-bond donors (Lipinski definition) is 1. The molecular formula is C26H38F3N3O5. The third-order valence-corrected chi connectivity index (χ3v) is 6.12. The molecule has 1 aromatic heterocycles. The van der Waals surface area contributed by atoms with E-state index in [2.05, 4.69) is 11.9 Å². The van der Waals surface area contributed by atoms with Gasteiger partial charge in [0.15, 0.2) is 0 Å². The Labute approximate surface area is 214 Å². The van der Waals surface area contributed by atoms with Gasteiger partial charge >= 0.3 is 18.0 Å². The molecule has 2 aromatic rings. The number of fused-ring (bicyclic) bond motifs is 1. The number of halogens is 3. The van der Waals surface area contributed by atoms with Crippen molar-refractivity contribution in [1.29, 1.82) is 0 Å². The Bertz CT molecular complexity index is 1150. The summed E-state index contributed by atoms with van der Waals surface area (Å²) in [4.78, 5) is 41.6. The van der Waals surface area contributed by atoms with Gasteiger partial charge in [-0.2, -0.15) is 17.8 Å². The van der Waals surface area contributed by atoms with Gasteiger partial charge in [0.2, 0.25) is 0 Å². The maximum atomic E-state index is 13.8. The molecule has 0 aliphatic rings. The number of nitrogens with one attached hydrogen (secondary N) is 1. The second kappa shape index (κ2) is 13.6. The molecule has 1 amide bonds. The summed E-state index contributed by atoms with van der Waals surface area (Å²) in [5.74, 6) is 0. The average molecular weight is 530 g/mol. The lowest BCUT2D eigenvalue weighted by atomic mass is 9.97. The van der Waals surface area contributed by atoms with E-state index in [4.69, 9.17) is 9.47 Å². The minimum Gasteiger partial charge on any atom is -0.445 e. The smallest absolute Gasteiger partial charge is 0.429 e. The van der Waals surface area contributed by atoms with Crippen molar-refractivity contribution in [2.24, 2.45) is 0 Å². The number of amides is 1. The van der Waals surface area contributed by atoms with E-state index in [9.17, 15) is 27.6 Å². The van der Waals surface area contributed by atoms with Crippen LogP contribution in [0, 0.1) is 0 Å². The van der Waals surface area contributed by atoms with E-state index in [1.165, 1.54) is 7.11 Å². The van der Waals surface area contributed by atoms with Crippen molar-refractivity contribution in [2.45, 2.75) is 97.4 Å². The number of carbonyl (C=O) groups is 1. The molecule has 8 nitrogen and oxygen atoms in total. The molecule has 37 heavy (non-hydrogen) atoms. The first kappa shape index (κ1) is 30.4. The third kappa shape index (κ3) is 7.83. The molecule has 1 aromatic carbocycles. The lowest BCUT2D eigenvalue weighted by Crippen LogP contribution is -2.54. The topological polar surface area (TPSA) is 93.6 Å². The maximum Gasteiger partial charge on any atom is 0.429 e. The normalized spacial score (nSPS) is 12.8. The van der Waals surface area contributed by atoms with Crippen LogP contribution in [0.25, 0.3) is 10.9 Å². The molecule has 0 aliphatic heterocycles. The van der Waals surface area contributed by atoms with Crippen LogP contribution in [0.5, 0.6) is 0 Å². The van der Waals surface area contributed by atoms with Crippen LogP contribution in [-0.2, 0) is 15.7 Å². The van der Waals surface area contributed by atoms with Gasteiger partial charge in [-0.3, -0.25) is 4.79 Å². The van der Waals surface area contributed by atoms with Crippen LogP contribution in [0.1, 0.15) is 96.3 Å². The number of benzene rings is 1. The number of aromatic amines is 1. The largest absolute Gasteiger partial charge is 0.445 e. The molecule has 1 unspecified atom stereocenters. The van der Waals surface area contributed by atoms with Crippen LogP contribution in [0.15, 0.2) is 21.7 Å². The zero-order chi connectivity index (χ0) is 27.8. The molecule has 1 atom stereocenters. The van der Waals surface area contributed by atoms with E-state index in [0.717, 1.165) is 55.7 Å². The predicted octanol–water partition coefficient (Wildman–Crippen LogP) is 6.04. The minimum atomic E-state index is -4.73. The van der Waals surface area contributed by atoms with E-state index in [0.29, 0.717) is 11.1 Å². The monoisotopic (exact) mass is 529 g/mol. The average Bonchev–Trinajstić information content (AvgIpc) is 2.81. The molecule has 1 N–H and O–H groups in total. The molecule has 0 spiro atoms. The van der Waals surface area contributed by atoms with Gasteiger partial charge in [-0.05, 0) is 44.4 Å². The first-order valence-electron chi connectivity index (χ1n) is 12.9. The molecule has 1 heterocycles. The standard InChI is InChI=1S/C26H38F3N3O5/c1-6-8-9-10-11-12-13-14-31(25(35)37-17(3)4)32-23(33)19-15-18(22(7-2)36-5)20(26(27,28)29)16-21(19)30-24(32)34/h15-17,22H,6-14H2,1-5H3,(H,30,34). The van der Waals surface area contributed by atoms with Crippen LogP contribution in [0.4, 0.5) is 18.0 Å². The summed E-state index contributed by atoms with van der Waals surface area (Å²) < 4.78 is 52.6. The van der Waals surface area contributed by atoms with Gasteiger partial charge in [0, 0.05) is 13.7 Å². The van der Waals surface area contributed by atoms with Crippen molar-refractivity contribution in [3.63, 3.8) is 0 Å². The van der Waals surface area contributed by atoms with Crippen LogP contribution in [-0.4, -0.2) is 35.5 Å². The van der Waals surface area contributed by atoms with Gasteiger partial charge < -0.3 is 14.5 Å². The zero-order valence-corrected chi connectivity index (χ0v) is 22.2. The van der Waals surface area contributed by atoms with Gasteiger partial charge in [0.25, 0.3) is 5.56 Å². The molecule has 208 valence electrons. The van der Waals surface area contributed by atoms with Crippen LogP contribution in [0.2, 0.25) is 0 Å². The summed E-state index contributed by atoms with van der Waals surface area (Å²) in [6, 6.07) is 1.83. The van der Waals surface area contributed by atoms with Gasteiger partial charge in [-0.25, -0.2) is 14.6 Å². The summed E-state index contributed by atoms with van der Waals surface area (Å²) in [7, 11) is 1.29. The van der Waals surface area contributed by atoms with Crippen molar-refractivity contribution in [1.82, 2.24) is 9.66 Å². The van der Waals surface area contributed by atoms with Crippen molar-refractivity contribution in [2.75, 3.05) is 18.7 Å². The van der Waals surface area contributed by atoms with Crippen molar-refractivity contribution in [3.8, 4) is 0 Å². The van der Waals surface area contributed by atoms with Crippen LogP contribution in [0.3, 0.4) is 0 Å². The fourth-order valence-electron chi connectivity index (χ4n) is 4.27. The highest BCUT2D eigenvalue weighted by atomic mass is 19.4. The summed E-state index contributed by atoms with van der Waals surface area (Å²) in [6.07, 6.45) is -0.151. The number of rotatable bonds is 13. The van der Waals surface area contributed by atoms with Crippen molar-refractivity contribution >= 4 is 17.0 Å². The molecule has 0 radical (unpaired) electrons. The van der Waals surface area contributed by atoms with Gasteiger partial charge in [0.1, 0.15) is 0 Å². The first-order valence-corrected chi connectivity index (χ1v) is 12.9. The molecule has 0 bridgehead atoms. The Kier molecular flexibility index (Phi) is 11.2. The fraction of sp³-hybridized carbons (Fsp3) is 0.654. The number of alkyl halides is 3. The molecule has 0 fully saturated rings.